The van der Waals surface area contributed by atoms with Crippen molar-refractivity contribution >= 4 is 23.2 Å². The molecule has 0 bridgehead atoms. The number of alkyl halides is 3. The van der Waals surface area contributed by atoms with Crippen molar-refractivity contribution in [3.8, 4) is 0 Å². The van der Waals surface area contributed by atoms with Crippen LogP contribution in [0.2, 0.25) is 0 Å². The second-order valence-corrected chi connectivity index (χ2v) is 7.96. The van der Waals surface area contributed by atoms with Gasteiger partial charge in [0, 0.05) is 31.0 Å². The molecule has 2 aromatic rings. The molecule has 0 aromatic heterocycles. The second-order valence-electron chi connectivity index (χ2n) is 7.96. The van der Waals surface area contributed by atoms with Gasteiger partial charge in [0.05, 0.1) is 5.56 Å². The van der Waals surface area contributed by atoms with E-state index in [1.807, 2.05) is 0 Å². The molecule has 2 aromatic carbocycles. The Balaban J connectivity index is 1.40. The largest absolute Gasteiger partial charge is 0.416 e. The predicted molar refractivity (Wildman–Crippen MR) is 119 cm³/mol. The van der Waals surface area contributed by atoms with E-state index in [2.05, 4.69) is 39.8 Å². The van der Waals surface area contributed by atoms with Crippen molar-refractivity contribution in [1.82, 2.24) is 5.32 Å². The highest BCUT2D eigenvalue weighted by atomic mass is 19.4. The molecule has 0 saturated carbocycles. The molecule has 3 rings (SSSR count). The number of carbonyl (C=O) groups excluding carboxylic acids is 2. The number of carbonyl (C=O) groups is 2. The minimum atomic E-state index is -4.52. The molecule has 2 amide bonds. The third-order valence-corrected chi connectivity index (χ3v) is 5.49. The monoisotopic (exact) mass is 447 g/mol. The van der Waals surface area contributed by atoms with E-state index < -0.39 is 23.6 Å². The van der Waals surface area contributed by atoms with E-state index in [1.165, 1.54) is 43.5 Å². The lowest BCUT2D eigenvalue weighted by Gasteiger charge is -2.22. The van der Waals surface area contributed by atoms with Crippen LogP contribution in [0.4, 0.5) is 24.5 Å². The van der Waals surface area contributed by atoms with Crippen molar-refractivity contribution in [3.63, 3.8) is 0 Å². The molecule has 1 fully saturated rings. The maximum atomic E-state index is 12.7. The van der Waals surface area contributed by atoms with Gasteiger partial charge >= 0.3 is 18.0 Å². The van der Waals surface area contributed by atoms with Crippen LogP contribution in [0.3, 0.4) is 0 Å². The molecule has 172 valence electrons. The number of anilines is 2. The van der Waals surface area contributed by atoms with Crippen LogP contribution in [0.25, 0.3) is 0 Å². The Morgan fingerprint density at radius 2 is 1.59 bits per heavy atom. The molecule has 8 heteroatoms. The average Bonchev–Trinajstić information content (AvgIpc) is 3.06. The lowest BCUT2D eigenvalue weighted by Crippen LogP contribution is -2.36. The van der Waals surface area contributed by atoms with Crippen LogP contribution < -0.4 is 15.5 Å². The molecular weight excluding hydrogens is 419 g/mol. The third-order valence-electron chi connectivity index (χ3n) is 5.49. The summed E-state index contributed by atoms with van der Waals surface area (Å²) in [6, 6.07) is 12.6. The number of amides is 2. The van der Waals surface area contributed by atoms with Crippen LogP contribution in [0.1, 0.15) is 43.2 Å². The number of nitrogens with zero attached hydrogens (tertiary/aromatic N) is 1. The van der Waals surface area contributed by atoms with Crippen molar-refractivity contribution < 1.29 is 22.8 Å². The normalized spacial score (nSPS) is 14.5. The molecule has 1 aliphatic heterocycles. The molecule has 0 aliphatic carbocycles. The van der Waals surface area contributed by atoms with E-state index in [-0.39, 0.29) is 5.69 Å². The van der Waals surface area contributed by atoms with Gasteiger partial charge in [-0.2, -0.15) is 13.2 Å². The summed E-state index contributed by atoms with van der Waals surface area (Å²) in [6.07, 6.45) is 1.90. The van der Waals surface area contributed by atoms with E-state index in [1.54, 1.807) is 0 Å². The van der Waals surface area contributed by atoms with Gasteiger partial charge in [0.1, 0.15) is 0 Å². The minimum absolute atomic E-state index is 0.0792. The Hall–Kier alpha value is -3.03. The van der Waals surface area contributed by atoms with Gasteiger partial charge < -0.3 is 15.5 Å². The number of nitrogens with one attached hydrogen (secondary N) is 2. The summed E-state index contributed by atoms with van der Waals surface area (Å²) in [4.78, 5) is 26.3. The molecule has 0 unspecified atom stereocenters. The Morgan fingerprint density at radius 1 is 0.906 bits per heavy atom. The van der Waals surface area contributed by atoms with Gasteiger partial charge in [0.15, 0.2) is 0 Å². The first kappa shape index (κ1) is 23.6. The number of hydrogen-bond acceptors (Lipinski definition) is 3. The molecule has 1 saturated heterocycles. The molecule has 1 aliphatic rings. The summed E-state index contributed by atoms with van der Waals surface area (Å²) < 4.78 is 38.2. The van der Waals surface area contributed by atoms with E-state index in [4.69, 9.17) is 0 Å². The molecule has 2 N–H and O–H groups in total. The summed E-state index contributed by atoms with van der Waals surface area (Å²) in [6.45, 7) is 2.48. The molecule has 32 heavy (non-hydrogen) atoms. The van der Waals surface area contributed by atoms with Gasteiger partial charge in [-0.15, -0.1) is 0 Å². The Labute approximate surface area is 186 Å². The fourth-order valence-corrected chi connectivity index (χ4v) is 3.74. The number of benzene rings is 2. The van der Waals surface area contributed by atoms with Crippen LogP contribution in [0.5, 0.6) is 0 Å². The van der Waals surface area contributed by atoms with Gasteiger partial charge in [-0.25, -0.2) is 0 Å². The summed E-state index contributed by atoms with van der Waals surface area (Å²) in [5.74, 6) is -1.87. The van der Waals surface area contributed by atoms with Crippen molar-refractivity contribution in [2.45, 2.75) is 44.7 Å². The van der Waals surface area contributed by atoms with E-state index in [0.717, 1.165) is 37.2 Å². The standard InChI is InChI=1S/C24H28F3N3O2/c25-24(26,27)19-8-5-9-20(17-19)29-23(32)22(31)28-14-6-7-18-10-12-21(13-11-18)30-15-3-1-2-4-16-30/h5,8-13,17H,1-4,6-7,14-16H2,(H,28,31)(H,29,32). The first-order valence-corrected chi connectivity index (χ1v) is 10.9. The first-order chi connectivity index (χ1) is 15.3. The maximum absolute atomic E-state index is 12.7. The molecule has 1 heterocycles. The van der Waals surface area contributed by atoms with Gasteiger partial charge in [-0.1, -0.05) is 31.0 Å². The SMILES string of the molecule is O=C(NCCCc1ccc(N2CCCCCC2)cc1)C(=O)Nc1cccc(C(F)(F)F)c1. The summed E-state index contributed by atoms with van der Waals surface area (Å²) >= 11 is 0. The van der Waals surface area contributed by atoms with Gasteiger partial charge in [0.2, 0.25) is 0 Å². The van der Waals surface area contributed by atoms with Crippen LogP contribution in [0, 0.1) is 0 Å². The zero-order valence-electron chi connectivity index (χ0n) is 17.9. The molecular formula is C24H28F3N3O2. The molecule has 0 radical (unpaired) electrons. The Bertz CT molecular complexity index is 905. The topological polar surface area (TPSA) is 61.4 Å². The van der Waals surface area contributed by atoms with Crippen molar-refractivity contribution in [2.75, 3.05) is 29.9 Å². The Kier molecular flexibility index (Phi) is 8.14. The molecule has 0 atom stereocenters. The molecule has 0 spiro atoms. The van der Waals surface area contributed by atoms with Crippen LogP contribution >= 0.6 is 0 Å². The third kappa shape index (κ3) is 7.00. The summed E-state index contributed by atoms with van der Waals surface area (Å²) in [7, 11) is 0. The maximum Gasteiger partial charge on any atom is 0.416 e. The highest BCUT2D eigenvalue weighted by molar-refractivity contribution is 6.39. The van der Waals surface area contributed by atoms with Crippen molar-refractivity contribution in [3.05, 3.63) is 59.7 Å². The lowest BCUT2D eigenvalue weighted by molar-refractivity contribution is -0.137. The predicted octanol–water partition coefficient (Wildman–Crippen LogP) is 4.77. The first-order valence-electron chi connectivity index (χ1n) is 10.9. The number of hydrogen-bond donors (Lipinski definition) is 2. The Morgan fingerprint density at radius 3 is 2.25 bits per heavy atom. The van der Waals surface area contributed by atoms with Crippen LogP contribution in [-0.2, 0) is 22.2 Å². The van der Waals surface area contributed by atoms with E-state index >= 15 is 0 Å². The average molecular weight is 448 g/mol. The summed E-state index contributed by atoms with van der Waals surface area (Å²) in [5, 5.41) is 4.71. The van der Waals surface area contributed by atoms with E-state index in [0.29, 0.717) is 13.0 Å². The number of halogens is 3. The number of rotatable bonds is 6. The van der Waals surface area contributed by atoms with Crippen LogP contribution in [-0.4, -0.2) is 31.4 Å². The second kappa shape index (κ2) is 11.0. The zero-order chi connectivity index (χ0) is 23.0. The fourth-order valence-electron chi connectivity index (χ4n) is 3.74. The zero-order valence-corrected chi connectivity index (χ0v) is 17.9. The highest BCUT2D eigenvalue weighted by Crippen LogP contribution is 2.30. The van der Waals surface area contributed by atoms with Gasteiger partial charge in [-0.05, 0) is 61.6 Å². The fraction of sp³-hybridized carbons (Fsp3) is 0.417. The smallest absolute Gasteiger partial charge is 0.372 e. The van der Waals surface area contributed by atoms with Crippen molar-refractivity contribution in [1.29, 1.82) is 0 Å². The lowest BCUT2D eigenvalue weighted by atomic mass is 10.1. The summed E-state index contributed by atoms with van der Waals surface area (Å²) in [5.41, 5.74) is 1.41. The van der Waals surface area contributed by atoms with E-state index in [9.17, 15) is 22.8 Å². The van der Waals surface area contributed by atoms with Gasteiger partial charge in [0.25, 0.3) is 0 Å². The van der Waals surface area contributed by atoms with Crippen LogP contribution in [0.15, 0.2) is 48.5 Å². The highest BCUT2D eigenvalue weighted by Gasteiger charge is 2.30. The van der Waals surface area contributed by atoms with Gasteiger partial charge in [-0.3, -0.25) is 9.59 Å². The minimum Gasteiger partial charge on any atom is -0.372 e. The quantitative estimate of drug-likeness (QED) is 0.495. The number of aryl methyl sites for hydroxylation is 1. The van der Waals surface area contributed by atoms with Crippen molar-refractivity contribution in [2.24, 2.45) is 0 Å². The molecule has 5 nitrogen and oxygen atoms in total.